The molecule has 1 aliphatic heterocycles. The van der Waals surface area contributed by atoms with Crippen LogP contribution in [0.15, 0.2) is 0 Å². The molecule has 1 heterocycles. The molecule has 1 aliphatic rings. The second-order valence-corrected chi connectivity index (χ2v) is 6.49. The van der Waals surface area contributed by atoms with Gasteiger partial charge in [0.15, 0.2) is 0 Å². The molecule has 0 aromatic carbocycles. The minimum absolute atomic E-state index is 0.0448. The van der Waals surface area contributed by atoms with Crippen molar-refractivity contribution >= 4 is 10.0 Å². The lowest BCUT2D eigenvalue weighted by Crippen LogP contribution is -2.47. The fourth-order valence-electron chi connectivity index (χ4n) is 2.01. The van der Waals surface area contributed by atoms with Crippen LogP contribution in [-0.2, 0) is 14.8 Å². The highest BCUT2D eigenvalue weighted by Gasteiger charge is 2.19. The zero-order valence-corrected chi connectivity index (χ0v) is 11.6. The van der Waals surface area contributed by atoms with Gasteiger partial charge >= 0.3 is 0 Å². The van der Waals surface area contributed by atoms with E-state index in [0.717, 1.165) is 6.42 Å². The molecule has 0 aromatic rings. The van der Waals surface area contributed by atoms with E-state index in [1.165, 1.54) is 12.8 Å². The number of hydrogen-bond donors (Lipinski definition) is 2. The van der Waals surface area contributed by atoms with E-state index in [1.54, 1.807) is 0 Å². The molecular weight excluding hydrogens is 240 g/mol. The first kappa shape index (κ1) is 14.9. The van der Waals surface area contributed by atoms with Gasteiger partial charge in [-0.05, 0) is 26.7 Å². The normalized spacial score (nSPS) is 26.0. The summed E-state index contributed by atoms with van der Waals surface area (Å²) < 4.78 is 30.9. The van der Waals surface area contributed by atoms with Crippen molar-refractivity contribution in [3.8, 4) is 0 Å². The highest BCUT2D eigenvalue weighted by Crippen LogP contribution is 2.11. The third-order valence-electron chi connectivity index (χ3n) is 2.96. The number of rotatable bonds is 7. The lowest BCUT2D eigenvalue weighted by Gasteiger charge is -2.28. The zero-order chi connectivity index (χ0) is 12.7. The van der Waals surface area contributed by atoms with Crippen molar-refractivity contribution in [1.82, 2.24) is 10.0 Å². The predicted octanol–water partition coefficient (Wildman–Crippen LogP) is 0.473. The summed E-state index contributed by atoms with van der Waals surface area (Å²) in [4.78, 5) is 0. The Bertz CT molecular complexity index is 306. The third kappa shape index (κ3) is 6.35. The second kappa shape index (κ2) is 7.31. The van der Waals surface area contributed by atoms with Gasteiger partial charge in [0.1, 0.15) is 0 Å². The minimum atomic E-state index is -3.19. The Balaban J connectivity index is 2.23. The van der Waals surface area contributed by atoms with Crippen LogP contribution in [0.25, 0.3) is 0 Å². The van der Waals surface area contributed by atoms with E-state index in [4.69, 9.17) is 4.74 Å². The van der Waals surface area contributed by atoms with Crippen LogP contribution in [0.4, 0.5) is 0 Å². The van der Waals surface area contributed by atoms with E-state index >= 15 is 0 Å². The van der Waals surface area contributed by atoms with E-state index in [-0.39, 0.29) is 18.4 Å². The highest BCUT2D eigenvalue weighted by molar-refractivity contribution is 7.89. The summed E-state index contributed by atoms with van der Waals surface area (Å²) in [6, 6.07) is 0.752. The Morgan fingerprint density at radius 1 is 1.41 bits per heavy atom. The number of sulfonamides is 1. The monoisotopic (exact) mass is 264 g/mol. The molecule has 102 valence electrons. The molecule has 0 amide bonds. The van der Waals surface area contributed by atoms with Gasteiger partial charge in [-0.1, -0.05) is 6.42 Å². The average molecular weight is 264 g/mol. The van der Waals surface area contributed by atoms with Crippen LogP contribution in [0.1, 0.15) is 33.1 Å². The molecule has 5 nitrogen and oxygen atoms in total. The van der Waals surface area contributed by atoms with Crippen molar-refractivity contribution in [1.29, 1.82) is 0 Å². The van der Waals surface area contributed by atoms with Gasteiger partial charge in [-0.25, -0.2) is 13.1 Å². The van der Waals surface area contributed by atoms with Crippen molar-refractivity contribution in [3.05, 3.63) is 0 Å². The fraction of sp³-hybridized carbons (Fsp3) is 1.00. The van der Waals surface area contributed by atoms with Gasteiger partial charge in [0.2, 0.25) is 10.0 Å². The summed E-state index contributed by atoms with van der Waals surface area (Å²) in [6.45, 7) is 5.29. The lowest BCUT2D eigenvalue weighted by molar-refractivity contribution is 0.163. The van der Waals surface area contributed by atoms with Gasteiger partial charge in [0, 0.05) is 25.2 Å². The Hall–Kier alpha value is -0.170. The Labute approximate surface area is 104 Å². The van der Waals surface area contributed by atoms with E-state index in [2.05, 4.69) is 17.0 Å². The molecule has 0 aliphatic carbocycles. The van der Waals surface area contributed by atoms with Crippen LogP contribution in [-0.4, -0.2) is 46.0 Å². The van der Waals surface area contributed by atoms with E-state index in [9.17, 15) is 8.42 Å². The molecule has 0 spiro atoms. The molecule has 0 bridgehead atoms. The number of ether oxygens (including phenoxy) is 1. The maximum Gasteiger partial charge on any atom is 0.213 e. The standard InChI is InChI=1S/C11H24N2O3S/c1-3-16-7-8-17(14,15)12-9-11-6-4-5-10(2)13-11/h10-13H,3-9H2,1-2H3. The number of nitrogens with one attached hydrogen (secondary N) is 2. The van der Waals surface area contributed by atoms with Crippen LogP contribution in [0, 0.1) is 0 Å². The Morgan fingerprint density at radius 2 is 2.18 bits per heavy atom. The molecule has 0 radical (unpaired) electrons. The number of piperidine rings is 1. The largest absolute Gasteiger partial charge is 0.381 e. The fourth-order valence-corrected chi connectivity index (χ4v) is 2.95. The Kier molecular flexibility index (Phi) is 6.40. The first-order valence-electron chi connectivity index (χ1n) is 6.34. The van der Waals surface area contributed by atoms with Gasteiger partial charge in [0.05, 0.1) is 12.4 Å². The van der Waals surface area contributed by atoms with Gasteiger partial charge in [-0.3, -0.25) is 0 Å². The maximum atomic E-state index is 11.6. The molecule has 2 atom stereocenters. The molecule has 2 unspecified atom stereocenters. The van der Waals surface area contributed by atoms with Crippen molar-refractivity contribution in [3.63, 3.8) is 0 Å². The van der Waals surface area contributed by atoms with Gasteiger partial charge in [-0.2, -0.15) is 0 Å². The minimum Gasteiger partial charge on any atom is -0.381 e. The van der Waals surface area contributed by atoms with Gasteiger partial charge in [0.25, 0.3) is 0 Å². The molecule has 1 rings (SSSR count). The number of hydrogen-bond acceptors (Lipinski definition) is 4. The van der Waals surface area contributed by atoms with E-state index in [0.29, 0.717) is 19.2 Å². The van der Waals surface area contributed by atoms with Crippen LogP contribution < -0.4 is 10.0 Å². The molecule has 1 fully saturated rings. The van der Waals surface area contributed by atoms with Crippen molar-refractivity contribution in [2.24, 2.45) is 0 Å². The summed E-state index contributed by atoms with van der Waals surface area (Å²) in [5.74, 6) is 0.0448. The summed E-state index contributed by atoms with van der Waals surface area (Å²) in [6.07, 6.45) is 3.38. The van der Waals surface area contributed by atoms with E-state index in [1.807, 2.05) is 6.92 Å². The quantitative estimate of drug-likeness (QED) is 0.656. The summed E-state index contributed by atoms with van der Waals surface area (Å²) >= 11 is 0. The lowest BCUT2D eigenvalue weighted by atomic mass is 10.00. The second-order valence-electron chi connectivity index (χ2n) is 4.56. The third-order valence-corrected chi connectivity index (χ3v) is 4.27. The summed E-state index contributed by atoms with van der Waals surface area (Å²) in [5, 5.41) is 3.40. The van der Waals surface area contributed by atoms with Crippen molar-refractivity contribution < 1.29 is 13.2 Å². The average Bonchev–Trinajstić information content (AvgIpc) is 2.27. The van der Waals surface area contributed by atoms with E-state index < -0.39 is 10.0 Å². The SMILES string of the molecule is CCOCCS(=O)(=O)NCC1CCCC(C)N1. The predicted molar refractivity (Wildman–Crippen MR) is 68.5 cm³/mol. The first-order valence-corrected chi connectivity index (χ1v) is 8.00. The van der Waals surface area contributed by atoms with Gasteiger partial charge < -0.3 is 10.1 Å². The molecule has 1 saturated heterocycles. The zero-order valence-electron chi connectivity index (χ0n) is 10.7. The Morgan fingerprint density at radius 3 is 2.82 bits per heavy atom. The van der Waals surface area contributed by atoms with Crippen LogP contribution in [0.5, 0.6) is 0 Å². The molecular formula is C11H24N2O3S. The van der Waals surface area contributed by atoms with Crippen LogP contribution >= 0.6 is 0 Å². The molecule has 17 heavy (non-hydrogen) atoms. The summed E-state index contributed by atoms with van der Waals surface area (Å²) in [5.41, 5.74) is 0. The van der Waals surface area contributed by atoms with Crippen LogP contribution in [0.3, 0.4) is 0 Å². The molecule has 0 saturated carbocycles. The highest BCUT2D eigenvalue weighted by atomic mass is 32.2. The first-order chi connectivity index (χ1) is 8.03. The van der Waals surface area contributed by atoms with Gasteiger partial charge in [-0.15, -0.1) is 0 Å². The molecule has 0 aromatic heterocycles. The topological polar surface area (TPSA) is 67.4 Å². The summed E-state index contributed by atoms with van der Waals surface area (Å²) in [7, 11) is -3.19. The van der Waals surface area contributed by atoms with Crippen molar-refractivity contribution in [2.75, 3.05) is 25.5 Å². The van der Waals surface area contributed by atoms with Crippen LogP contribution in [0.2, 0.25) is 0 Å². The smallest absolute Gasteiger partial charge is 0.213 e. The van der Waals surface area contributed by atoms with Crippen molar-refractivity contribution in [2.45, 2.75) is 45.2 Å². The maximum absolute atomic E-state index is 11.6. The molecule has 6 heteroatoms. The molecule has 2 N–H and O–H groups in total.